The highest BCUT2D eigenvalue weighted by Crippen LogP contribution is 2.30. The van der Waals surface area contributed by atoms with Gasteiger partial charge < -0.3 is 10.2 Å². The van der Waals surface area contributed by atoms with Crippen molar-refractivity contribution in [1.29, 1.82) is 0 Å². The Labute approximate surface area is 218 Å². The number of hydrogen-bond acceptors (Lipinski definition) is 4. The number of benzene rings is 3. The number of nitrogens with one attached hydrogen (secondary N) is 1. The second-order valence-electron chi connectivity index (χ2n) is 9.33. The molecule has 3 aromatic rings. The molecule has 1 aliphatic rings. The Bertz CT molecular complexity index is 1320. The molecule has 0 spiro atoms. The van der Waals surface area contributed by atoms with Crippen molar-refractivity contribution in [2.45, 2.75) is 44.6 Å². The van der Waals surface area contributed by atoms with E-state index in [0.717, 1.165) is 28.5 Å². The summed E-state index contributed by atoms with van der Waals surface area (Å²) in [6.07, 6.45) is 2.42. The molecule has 190 valence electrons. The van der Waals surface area contributed by atoms with Crippen LogP contribution in [0.5, 0.6) is 0 Å². The average Bonchev–Trinajstić information content (AvgIpc) is 3.39. The Balaban J connectivity index is 1.56. The quantitative estimate of drug-likeness (QED) is 0.414. The van der Waals surface area contributed by atoms with Gasteiger partial charge in [-0.3, -0.25) is 9.10 Å². The zero-order valence-electron chi connectivity index (χ0n) is 20.9. The fraction of sp³-hybridized carbons (Fsp3) is 0.321. The number of aryl methyl sites for hydroxylation is 2. The summed E-state index contributed by atoms with van der Waals surface area (Å²) in [6.45, 7) is 7.35. The molecule has 1 N–H and O–H groups in total. The number of halogens is 1. The number of amides is 1. The van der Waals surface area contributed by atoms with E-state index in [4.69, 9.17) is 11.6 Å². The molecular formula is C28H32ClN3O3S. The summed E-state index contributed by atoms with van der Waals surface area (Å²) >= 11 is 6.21. The van der Waals surface area contributed by atoms with Crippen molar-refractivity contribution in [1.82, 2.24) is 5.32 Å². The number of hydrogen-bond donors (Lipinski definition) is 1. The zero-order chi connectivity index (χ0) is 25.9. The minimum atomic E-state index is -4.01. The summed E-state index contributed by atoms with van der Waals surface area (Å²) in [5.74, 6) is -0.402. The van der Waals surface area contributed by atoms with E-state index in [-0.39, 0.29) is 17.5 Å². The van der Waals surface area contributed by atoms with Crippen molar-refractivity contribution in [3.8, 4) is 0 Å². The first-order chi connectivity index (χ1) is 17.1. The number of anilines is 2. The third-order valence-corrected chi connectivity index (χ3v) is 8.59. The van der Waals surface area contributed by atoms with E-state index in [1.807, 2.05) is 26.0 Å². The van der Waals surface area contributed by atoms with Crippen molar-refractivity contribution >= 4 is 38.9 Å². The Hall–Kier alpha value is -3.03. The molecule has 1 aliphatic heterocycles. The molecule has 0 saturated carbocycles. The van der Waals surface area contributed by atoms with E-state index < -0.39 is 15.9 Å². The van der Waals surface area contributed by atoms with Crippen LogP contribution in [0, 0.1) is 13.8 Å². The first-order valence-corrected chi connectivity index (χ1v) is 14.0. The van der Waals surface area contributed by atoms with E-state index in [2.05, 4.69) is 22.3 Å². The smallest absolute Gasteiger partial charge is 0.264 e. The zero-order valence-corrected chi connectivity index (χ0v) is 22.4. The molecule has 6 nitrogen and oxygen atoms in total. The second-order valence-corrected chi connectivity index (χ2v) is 11.6. The summed E-state index contributed by atoms with van der Waals surface area (Å²) in [7, 11) is -4.01. The summed E-state index contributed by atoms with van der Waals surface area (Å²) in [5, 5.41) is 3.36. The molecule has 1 amide bonds. The Morgan fingerprint density at radius 2 is 1.64 bits per heavy atom. The molecule has 1 saturated heterocycles. The third kappa shape index (κ3) is 5.85. The first-order valence-electron chi connectivity index (χ1n) is 12.1. The van der Waals surface area contributed by atoms with E-state index in [1.54, 1.807) is 49.4 Å². The predicted octanol–water partition coefficient (Wildman–Crippen LogP) is 5.63. The molecule has 0 aliphatic carbocycles. The number of nitrogens with zero attached hydrogens (tertiary/aromatic N) is 2. The standard InChI is InChI=1S/C28H32ClN3O3S/c1-20-6-14-26(15-7-20)36(34,35)32(27-18-24(29)11-8-21(27)2)19-28(33)30-22(3)23-9-12-25(13-10-23)31-16-4-5-17-31/h6-15,18,22H,4-5,16-17,19H2,1-3H3,(H,30,33). The third-order valence-electron chi connectivity index (χ3n) is 6.58. The number of sulfonamides is 1. The normalized spacial score (nSPS) is 14.5. The van der Waals surface area contributed by atoms with Crippen LogP contribution in [0.2, 0.25) is 5.02 Å². The van der Waals surface area contributed by atoms with Crippen LogP contribution in [0.4, 0.5) is 11.4 Å². The van der Waals surface area contributed by atoms with E-state index in [0.29, 0.717) is 16.3 Å². The molecule has 0 radical (unpaired) electrons. The minimum absolute atomic E-state index is 0.117. The number of rotatable bonds is 8. The van der Waals surface area contributed by atoms with Gasteiger partial charge in [0.25, 0.3) is 10.0 Å². The molecule has 1 heterocycles. The fourth-order valence-corrected chi connectivity index (χ4v) is 6.08. The van der Waals surface area contributed by atoms with Gasteiger partial charge in [-0.25, -0.2) is 8.42 Å². The van der Waals surface area contributed by atoms with Gasteiger partial charge in [0.05, 0.1) is 16.6 Å². The van der Waals surface area contributed by atoms with Crippen LogP contribution >= 0.6 is 11.6 Å². The van der Waals surface area contributed by atoms with Crippen LogP contribution < -0.4 is 14.5 Å². The lowest BCUT2D eigenvalue weighted by atomic mass is 10.1. The molecular weight excluding hydrogens is 494 g/mol. The van der Waals surface area contributed by atoms with Gasteiger partial charge in [-0.05, 0) is 81.1 Å². The van der Waals surface area contributed by atoms with Gasteiger partial charge in [0.2, 0.25) is 5.91 Å². The largest absolute Gasteiger partial charge is 0.372 e. The van der Waals surface area contributed by atoms with Gasteiger partial charge in [0.15, 0.2) is 0 Å². The summed E-state index contributed by atoms with van der Waals surface area (Å²) in [4.78, 5) is 15.6. The van der Waals surface area contributed by atoms with Crippen molar-refractivity contribution in [3.05, 3.63) is 88.4 Å². The lowest BCUT2D eigenvalue weighted by molar-refractivity contribution is -0.120. The Morgan fingerprint density at radius 3 is 2.28 bits per heavy atom. The monoisotopic (exact) mass is 525 g/mol. The minimum Gasteiger partial charge on any atom is -0.372 e. The van der Waals surface area contributed by atoms with Crippen LogP contribution in [0.3, 0.4) is 0 Å². The van der Waals surface area contributed by atoms with Crippen LogP contribution in [0.1, 0.15) is 42.5 Å². The summed E-state index contributed by atoms with van der Waals surface area (Å²) < 4.78 is 28.5. The maximum Gasteiger partial charge on any atom is 0.264 e. The highest BCUT2D eigenvalue weighted by molar-refractivity contribution is 7.92. The van der Waals surface area contributed by atoms with Crippen molar-refractivity contribution in [2.75, 3.05) is 28.8 Å². The van der Waals surface area contributed by atoms with Crippen LogP contribution in [0.15, 0.2) is 71.6 Å². The first kappa shape index (κ1) is 26.0. The second kappa shape index (κ2) is 10.9. The van der Waals surface area contributed by atoms with Gasteiger partial charge in [-0.15, -0.1) is 0 Å². The average molecular weight is 526 g/mol. The van der Waals surface area contributed by atoms with Gasteiger partial charge in [0.1, 0.15) is 6.54 Å². The summed E-state index contributed by atoms with van der Waals surface area (Å²) in [6, 6.07) is 19.5. The van der Waals surface area contributed by atoms with Crippen LogP contribution in [-0.4, -0.2) is 34.0 Å². The highest BCUT2D eigenvalue weighted by Gasteiger charge is 2.29. The predicted molar refractivity (Wildman–Crippen MR) is 146 cm³/mol. The van der Waals surface area contributed by atoms with Crippen molar-refractivity contribution in [2.24, 2.45) is 0 Å². The Kier molecular flexibility index (Phi) is 7.91. The van der Waals surface area contributed by atoms with Gasteiger partial charge in [-0.1, -0.05) is 47.5 Å². The fourth-order valence-electron chi connectivity index (χ4n) is 4.44. The number of carbonyl (C=O) groups excluding carboxylic acids is 1. The van der Waals surface area contributed by atoms with Crippen LogP contribution in [0.25, 0.3) is 0 Å². The molecule has 4 rings (SSSR count). The van der Waals surface area contributed by atoms with E-state index >= 15 is 0 Å². The highest BCUT2D eigenvalue weighted by atomic mass is 35.5. The molecule has 1 fully saturated rings. The lowest BCUT2D eigenvalue weighted by Crippen LogP contribution is -2.42. The maximum atomic E-state index is 13.7. The Morgan fingerprint density at radius 1 is 1.00 bits per heavy atom. The number of carbonyl (C=O) groups is 1. The van der Waals surface area contributed by atoms with Crippen molar-refractivity contribution in [3.63, 3.8) is 0 Å². The molecule has 1 atom stereocenters. The summed E-state index contributed by atoms with van der Waals surface area (Å²) in [5.41, 5.74) is 4.16. The maximum absolute atomic E-state index is 13.7. The van der Waals surface area contributed by atoms with Gasteiger partial charge >= 0.3 is 0 Å². The van der Waals surface area contributed by atoms with Gasteiger partial charge in [0, 0.05) is 23.8 Å². The molecule has 3 aromatic carbocycles. The van der Waals surface area contributed by atoms with Crippen LogP contribution in [-0.2, 0) is 14.8 Å². The molecule has 1 unspecified atom stereocenters. The lowest BCUT2D eigenvalue weighted by Gasteiger charge is -2.27. The topological polar surface area (TPSA) is 69.7 Å². The molecule has 36 heavy (non-hydrogen) atoms. The molecule has 0 aromatic heterocycles. The van der Waals surface area contributed by atoms with E-state index in [1.165, 1.54) is 18.5 Å². The van der Waals surface area contributed by atoms with Gasteiger partial charge in [-0.2, -0.15) is 0 Å². The molecule has 8 heteroatoms. The van der Waals surface area contributed by atoms with E-state index in [9.17, 15) is 13.2 Å². The SMILES string of the molecule is Cc1ccc(S(=O)(=O)N(CC(=O)NC(C)c2ccc(N3CCCC3)cc2)c2cc(Cl)ccc2C)cc1. The molecule has 0 bridgehead atoms. The van der Waals surface area contributed by atoms with Crippen molar-refractivity contribution < 1.29 is 13.2 Å².